The van der Waals surface area contributed by atoms with E-state index in [0.717, 1.165) is 62.5 Å². The van der Waals surface area contributed by atoms with Crippen LogP contribution in [0, 0.1) is 11.3 Å². The summed E-state index contributed by atoms with van der Waals surface area (Å²) in [5.41, 5.74) is 9.54. The molecule has 2 N–H and O–H groups in total. The van der Waals surface area contributed by atoms with Crippen LogP contribution in [0.3, 0.4) is 0 Å². The minimum atomic E-state index is -0.800. The fourth-order valence-electron chi connectivity index (χ4n) is 7.35. The van der Waals surface area contributed by atoms with E-state index in [-0.39, 0.29) is 42.3 Å². The van der Waals surface area contributed by atoms with Gasteiger partial charge in [0.2, 0.25) is 5.91 Å². The Kier molecular flexibility index (Phi) is 13.3. The van der Waals surface area contributed by atoms with Crippen molar-refractivity contribution in [3.8, 4) is 22.5 Å². The normalized spacial score (nSPS) is 15.2. The number of carbonyl (C=O) groups excluding carboxylic acids is 3. The Morgan fingerprint density at radius 3 is 2.65 bits per heavy atom. The molecule has 4 aromatic rings. The summed E-state index contributed by atoms with van der Waals surface area (Å²) in [6.07, 6.45) is 5.96. The maximum absolute atomic E-state index is 13.9. The average molecular weight is 758 g/mol. The van der Waals surface area contributed by atoms with E-state index in [4.69, 9.17) is 19.4 Å². The Bertz CT molecular complexity index is 1950. The van der Waals surface area contributed by atoms with Crippen LogP contribution in [0.4, 0.5) is 0 Å². The molecule has 1 fully saturated rings. The number of hydrazine groups is 1. The zero-order chi connectivity index (χ0) is 39.2. The van der Waals surface area contributed by atoms with Crippen molar-refractivity contribution >= 4 is 40.5 Å². The molecule has 0 saturated carbocycles. The molecule has 54 heavy (non-hydrogen) atoms. The first-order valence-electron chi connectivity index (χ1n) is 18.6. The summed E-state index contributed by atoms with van der Waals surface area (Å²) < 4.78 is 13.2. The number of likely N-dealkylation sites (N-methyl/N-ethyl adjacent to an activating group) is 1. The molecule has 1 aliphatic heterocycles. The zero-order valence-corrected chi connectivity index (χ0v) is 33.7. The summed E-state index contributed by atoms with van der Waals surface area (Å²) in [6.45, 7) is 16.0. The van der Waals surface area contributed by atoms with Crippen LogP contribution in [0.15, 0.2) is 54.7 Å². The second kappa shape index (κ2) is 17.7. The maximum atomic E-state index is 13.9. The van der Waals surface area contributed by atoms with Gasteiger partial charge in [-0.25, -0.2) is 10.4 Å². The van der Waals surface area contributed by atoms with Crippen molar-refractivity contribution in [1.82, 2.24) is 35.2 Å². The zero-order valence-electron chi connectivity index (χ0n) is 32.8. The van der Waals surface area contributed by atoms with Crippen molar-refractivity contribution < 1.29 is 23.9 Å². The number of thiazole rings is 1. The molecular weight excluding hydrogens is 703 g/mol. The van der Waals surface area contributed by atoms with Gasteiger partial charge >= 0.3 is 0 Å². The van der Waals surface area contributed by atoms with E-state index in [1.165, 1.54) is 11.3 Å². The number of ether oxygens (including phenoxy) is 2. The van der Waals surface area contributed by atoms with E-state index in [0.29, 0.717) is 26.0 Å². The van der Waals surface area contributed by atoms with Crippen LogP contribution < -0.4 is 10.7 Å². The van der Waals surface area contributed by atoms with E-state index in [1.54, 1.807) is 29.4 Å². The molecule has 0 radical (unpaired) electrons. The fourth-order valence-corrected chi connectivity index (χ4v) is 8.20. The van der Waals surface area contributed by atoms with Gasteiger partial charge in [0.05, 0.1) is 34.8 Å². The standard InChI is InChI=1S/C41H55N7O5S/c1-10-46(7)37(26(2)3)39(50)45-32(40(51)48-19-12-11-18-43-48)21-35-44-33(23-54-35)28-15-16-34-30(20-28)31(22-41(5,6)24-53-25-49)38(47(34)8)29-14-13-17-42-36(29)27(4)52-9/h10,13-17,20,23,25-27,32,37,43H,1,11-12,18-19,21-22,24H2,2-9H3,(H,45,50). The summed E-state index contributed by atoms with van der Waals surface area (Å²) in [7, 11) is 5.56. The molecule has 3 unspecified atom stereocenters. The lowest BCUT2D eigenvalue weighted by atomic mass is 9.84. The van der Waals surface area contributed by atoms with Gasteiger partial charge in [-0.15, -0.1) is 11.3 Å². The summed E-state index contributed by atoms with van der Waals surface area (Å²) >= 11 is 1.47. The van der Waals surface area contributed by atoms with Crippen LogP contribution in [-0.2, 0) is 43.7 Å². The minimum absolute atomic E-state index is 0.00196. The Labute approximate surface area is 322 Å². The molecule has 0 spiro atoms. The van der Waals surface area contributed by atoms with E-state index in [1.807, 2.05) is 39.3 Å². The third-order valence-electron chi connectivity index (χ3n) is 10.2. The summed E-state index contributed by atoms with van der Waals surface area (Å²) in [5, 5.41) is 8.52. The molecule has 13 heteroatoms. The average Bonchev–Trinajstić information content (AvgIpc) is 3.74. The summed E-state index contributed by atoms with van der Waals surface area (Å²) in [4.78, 5) is 50.3. The molecule has 12 nitrogen and oxygen atoms in total. The number of aryl methyl sites for hydroxylation is 1. The SMILES string of the molecule is C=CN(C)C(C(=O)NC(Cc1nc(-c2ccc3c(c2)c(CC(C)(C)COC=O)c(-c2cccnc2C(C)OC)n3C)cs1)C(=O)N1CCCCN1)C(C)C. The lowest BCUT2D eigenvalue weighted by molar-refractivity contribution is -0.141. The second-order valence-corrected chi connectivity index (χ2v) is 16.2. The number of pyridine rings is 1. The van der Waals surface area contributed by atoms with E-state index in [2.05, 4.69) is 67.0 Å². The highest BCUT2D eigenvalue weighted by Crippen LogP contribution is 2.41. The molecule has 3 atom stereocenters. The number of amides is 2. The third-order valence-corrected chi connectivity index (χ3v) is 11.1. The molecule has 1 aliphatic rings. The number of methoxy groups -OCH3 is 1. The number of rotatable bonds is 17. The van der Waals surface area contributed by atoms with Gasteiger partial charge < -0.3 is 24.3 Å². The van der Waals surface area contributed by atoms with Gasteiger partial charge in [0.1, 0.15) is 12.1 Å². The van der Waals surface area contributed by atoms with E-state index >= 15 is 0 Å². The van der Waals surface area contributed by atoms with E-state index < -0.39 is 12.1 Å². The highest BCUT2D eigenvalue weighted by atomic mass is 32.1. The van der Waals surface area contributed by atoms with Gasteiger partial charge in [0.15, 0.2) is 0 Å². The number of fused-ring (bicyclic) bond motifs is 1. The van der Waals surface area contributed by atoms with Gasteiger partial charge in [-0.1, -0.05) is 40.3 Å². The highest BCUT2D eigenvalue weighted by Gasteiger charge is 2.33. The number of benzene rings is 1. The second-order valence-electron chi connectivity index (χ2n) is 15.2. The largest absolute Gasteiger partial charge is 0.467 e. The lowest BCUT2D eigenvalue weighted by Crippen LogP contribution is -2.58. The molecule has 3 aromatic heterocycles. The van der Waals surface area contributed by atoms with E-state index in [9.17, 15) is 14.4 Å². The first-order chi connectivity index (χ1) is 25.8. The Morgan fingerprint density at radius 1 is 1.20 bits per heavy atom. The summed E-state index contributed by atoms with van der Waals surface area (Å²) in [5.74, 6) is -0.404. The molecule has 1 aromatic carbocycles. The molecule has 4 heterocycles. The Morgan fingerprint density at radius 2 is 1.98 bits per heavy atom. The van der Waals surface area contributed by atoms with Crippen LogP contribution in [0.1, 0.15) is 69.8 Å². The van der Waals surface area contributed by atoms with Crippen molar-refractivity contribution in [3.05, 3.63) is 71.0 Å². The van der Waals surface area contributed by atoms with Crippen molar-refractivity contribution in [2.75, 3.05) is 33.9 Å². The Balaban J connectivity index is 1.54. The molecule has 2 amide bonds. The van der Waals surface area contributed by atoms with Crippen LogP contribution in [0.2, 0.25) is 0 Å². The molecule has 290 valence electrons. The van der Waals surface area contributed by atoms with Crippen molar-refractivity contribution in [2.24, 2.45) is 18.4 Å². The quantitative estimate of drug-likeness (QED) is 0.123. The van der Waals surface area contributed by atoms with Crippen LogP contribution in [0.25, 0.3) is 33.4 Å². The predicted octanol–water partition coefficient (Wildman–Crippen LogP) is 6.07. The van der Waals surface area contributed by atoms with Crippen molar-refractivity contribution in [2.45, 2.75) is 78.5 Å². The highest BCUT2D eigenvalue weighted by molar-refractivity contribution is 7.10. The number of nitrogens with one attached hydrogen (secondary N) is 2. The minimum Gasteiger partial charge on any atom is -0.467 e. The topological polar surface area (TPSA) is 131 Å². The van der Waals surface area contributed by atoms with Crippen LogP contribution in [-0.4, -0.2) is 88.7 Å². The lowest BCUT2D eigenvalue weighted by Gasteiger charge is -2.33. The van der Waals surface area contributed by atoms with Gasteiger partial charge in [-0.3, -0.25) is 24.4 Å². The molecule has 0 bridgehead atoms. The van der Waals surface area contributed by atoms with Crippen LogP contribution in [0.5, 0.6) is 0 Å². The maximum Gasteiger partial charge on any atom is 0.293 e. The third kappa shape index (κ3) is 9.02. The number of carbonyl (C=O) groups is 3. The number of nitrogens with zero attached hydrogens (tertiary/aromatic N) is 5. The number of hydrogen-bond donors (Lipinski definition) is 2. The smallest absolute Gasteiger partial charge is 0.293 e. The van der Waals surface area contributed by atoms with Gasteiger partial charge in [0, 0.05) is 79.7 Å². The summed E-state index contributed by atoms with van der Waals surface area (Å²) in [6, 6.07) is 9.08. The molecule has 5 rings (SSSR count). The van der Waals surface area contributed by atoms with Crippen LogP contribution >= 0.6 is 11.3 Å². The first kappa shape index (κ1) is 40.6. The predicted molar refractivity (Wildman–Crippen MR) is 213 cm³/mol. The number of aromatic nitrogens is 3. The molecule has 0 aliphatic carbocycles. The monoisotopic (exact) mass is 757 g/mol. The molecule has 1 saturated heterocycles. The Hall–Kier alpha value is -4.59. The molecular formula is C41H55N7O5S. The van der Waals surface area contributed by atoms with Crippen molar-refractivity contribution in [3.63, 3.8) is 0 Å². The fraction of sp³-hybridized carbons (Fsp3) is 0.488. The number of hydrogen-bond acceptors (Lipinski definition) is 10. The van der Waals surface area contributed by atoms with Gasteiger partial charge in [-0.2, -0.15) is 0 Å². The van der Waals surface area contributed by atoms with Gasteiger partial charge in [-0.05, 0) is 68.1 Å². The van der Waals surface area contributed by atoms with Crippen molar-refractivity contribution in [1.29, 1.82) is 0 Å². The first-order valence-corrected chi connectivity index (χ1v) is 19.5. The van der Waals surface area contributed by atoms with Gasteiger partial charge in [0.25, 0.3) is 12.4 Å².